The average Bonchev–Trinajstić information content (AvgIpc) is 2.87. The summed E-state index contributed by atoms with van der Waals surface area (Å²) in [6.07, 6.45) is 3.37. The molecule has 0 aliphatic rings. The number of halogens is 1. The fourth-order valence-corrected chi connectivity index (χ4v) is 1.58. The van der Waals surface area contributed by atoms with Gasteiger partial charge in [-0.2, -0.15) is 5.10 Å². The third kappa shape index (κ3) is 3.09. The van der Waals surface area contributed by atoms with Crippen LogP contribution in [0.1, 0.15) is 22.8 Å². The van der Waals surface area contributed by atoms with Crippen LogP contribution in [0.4, 0.5) is 10.1 Å². The second kappa shape index (κ2) is 5.51. The highest BCUT2D eigenvalue weighted by Crippen LogP contribution is 2.14. The van der Waals surface area contributed by atoms with Gasteiger partial charge in [-0.15, -0.1) is 0 Å². The second-order valence-electron chi connectivity index (χ2n) is 4.02. The lowest BCUT2D eigenvalue weighted by atomic mass is 10.2. The van der Waals surface area contributed by atoms with Gasteiger partial charge in [-0.25, -0.2) is 9.18 Å². The molecular weight excluding hydrogens is 249 g/mol. The summed E-state index contributed by atoms with van der Waals surface area (Å²) in [6, 6.07) is 3.78. The van der Waals surface area contributed by atoms with Gasteiger partial charge in [-0.3, -0.25) is 4.68 Å². The molecule has 1 aromatic heterocycles. The number of rotatable bonds is 4. The van der Waals surface area contributed by atoms with Crippen molar-refractivity contribution in [1.29, 1.82) is 0 Å². The van der Waals surface area contributed by atoms with Crippen LogP contribution in [0.3, 0.4) is 0 Å². The highest BCUT2D eigenvalue weighted by atomic mass is 19.1. The molecule has 0 fully saturated rings. The first-order valence-corrected chi connectivity index (χ1v) is 5.83. The Hall–Kier alpha value is -2.37. The fourth-order valence-electron chi connectivity index (χ4n) is 1.58. The molecule has 0 aliphatic heterocycles. The molecule has 1 aromatic carbocycles. The van der Waals surface area contributed by atoms with E-state index in [9.17, 15) is 9.18 Å². The maximum Gasteiger partial charge on any atom is 0.341 e. The summed E-state index contributed by atoms with van der Waals surface area (Å²) in [5.74, 6) is -1.39. The predicted molar refractivity (Wildman–Crippen MR) is 67.8 cm³/mol. The van der Waals surface area contributed by atoms with E-state index in [0.717, 1.165) is 18.2 Å². The Morgan fingerprint density at radius 1 is 1.53 bits per heavy atom. The topological polar surface area (TPSA) is 70.1 Å². The van der Waals surface area contributed by atoms with E-state index >= 15 is 0 Å². The number of carbonyl (C=O) groups is 1. The van der Waals surface area contributed by atoms with Crippen molar-refractivity contribution in [3.63, 3.8) is 0 Å². The molecule has 19 heavy (non-hydrogen) atoms. The van der Waals surface area contributed by atoms with Gasteiger partial charge in [-0.1, -0.05) is 0 Å². The van der Waals surface area contributed by atoms with Gasteiger partial charge >= 0.3 is 5.97 Å². The molecule has 0 radical (unpaired) electrons. The molecule has 1 heterocycles. The van der Waals surface area contributed by atoms with Crippen molar-refractivity contribution in [1.82, 2.24) is 9.78 Å². The first kappa shape index (κ1) is 13.1. The molecule has 0 saturated heterocycles. The maximum absolute atomic E-state index is 13.4. The molecule has 0 atom stereocenters. The number of nitrogens with zero attached hydrogens (tertiary/aromatic N) is 2. The molecular formula is C13H14FN3O2. The van der Waals surface area contributed by atoms with E-state index in [1.807, 2.05) is 6.92 Å². The van der Waals surface area contributed by atoms with E-state index in [1.165, 1.54) is 12.1 Å². The number of carbonyl (C=O) groups excluding carboxylic acids is 1. The smallest absolute Gasteiger partial charge is 0.341 e. The van der Waals surface area contributed by atoms with Crippen LogP contribution in [0.25, 0.3) is 0 Å². The quantitative estimate of drug-likeness (QED) is 0.676. The van der Waals surface area contributed by atoms with Gasteiger partial charge in [-0.05, 0) is 25.1 Å². The van der Waals surface area contributed by atoms with Crippen LogP contribution in [0.15, 0.2) is 30.6 Å². The zero-order valence-electron chi connectivity index (χ0n) is 10.5. The van der Waals surface area contributed by atoms with E-state index in [-0.39, 0.29) is 12.2 Å². The van der Waals surface area contributed by atoms with Crippen LogP contribution in [-0.2, 0) is 17.9 Å². The Morgan fingerprint density at radius 2 is 2.32 bits per heavy atom. The van der Waals surface area contributed by atoms with Crippen LogP contribution in [0, 0.1) is 5.82 Å². The lowest BCUT2D eigenvalue weighted by Gasteiger charge is -2.05. The number of aryl methyl sites for hydroxylation is 1. The summed E-state index contributed by atoms with van der Waals surface area (Å²) in [6.45, 7) is 2.73. The molecule has 0 bridgehead atoms. The van der Waals surface area contributed by atoms with Crippen LogP contribution in [0.5, 0.6) is 0 Å². The third-order valence-electron chi connectivity index (χ3n) is 2.59. The molecule has 100 valence electrons. The zero-order chi connectivity index (χ0) is 13.8. The summed E-state index contributed by atoms with van der Waals surface area (Å²) in [5.41, 5.74) is 6.40. The van der Waals surface area contributed by atoms with Gasteiger partial charge in [0, 0.05) is 24.0 Å². The van der Waals surface area contributed by atoms with Crippen LogP contribution in [0.2, 0.25) is 0 Å². The number of hydrogen-bond acceptors (Lipinski definition) is 4. The monoisotopic (exact) mass is 263 g/mol. The molecule has 2 aromatic rings. The second-order valence-corrected chi connectivity index (χ2v) is 4.02. The van der Waals surface area contributed by atoms with Crippen molar-refractivity contribution in [3.8, 4) is 0 Å². The van der Waals surface area contributed by atoms with Gasteiger partial charge in [0.25, 0.3) is 0 Å². The Morgan fingerprint density at radius 3 is 3.00 bits per heavy atom. The number of nitrogens with two attached hydrogens (primary N) is 1. The molecule has 5 nitrogen and oxygen atoms in total. The highest BCUT2D eigenvalue weighted by Gasteiger charge is 2.14. The Labute approximate surface area is 109 Å². The Balaban J connectivity index is 2.03. The lowest BCUT2D eigenvalue weighted by molar-refractivity contribution is 0.0467. The first-order valence-electron chi connectivity index (χ1n) is 5.83. The van der Waals surface area contributed by atoms with E-state index in [0.29, 0.717) is 5.69 Å². The van der Waals surface area contributed by atoms with Gasteiger partial charge < -0.3 is 10.5 Å². The highest BCUT2D eigenvalue weighted by molar-refractivity contribution is 5.90. The number of aromatic nitrogens is 2. The largest absolute Gasteiger partial charge is 0.457 e. The predicted octanol–water partition coefficient (Wildman–Crippen LogP) is 1.98. The third-order valence-corrected chi connectivity index (χ3v) is 2.59. The van der Waals surface area contributed by atoms with Crippen LogP contribution in [-0.4, -0.2) is 15.7 Å². The minimum Gasteiger partial charge on any atom is -0.457 e. The normalized spacial score (nSPS) is 10.4. The van der Waals surface area contributed by atoms with E-state index < -0.39 is 11.8 Å². The Bertz CT molecular complexity index is 595. The van der Waals surface area contributed by atoms with Gasteiger partial charge in [0.2, 0.25) is 0 Å². The SMILES string of the molecule is CCn1cc(COC(=O)c2cc(N)ccc2F)cn1. The summed E-state index contributed by atoms with van der Waals surface area (Å²) in [5, 5.41) is 4.05. The van der Waals surface area contributed by atoms with Crippen LogP contribution < -0.4 is 5.73 Å². The van der Waals surface area contributed by atoms with Gasteiger partial charge in [0.1, 0.15) is 12.4 Å². The van der Waals surface area contributed by atoms with Crippen molar-refractivity contribution in [2.24, 2.45) is 0 Å². The fraction of sp³-hybridized carbons (Fsp3) is 0.231. The van der Waals surface area contributed by atoms with E-state index in [2.05, 4.69) is 5.10 Å². The summed E-state index contributed by atoms with van der Waals surface area (Å²) < 4.78 is 20.2. The van der Waals surface area contributed by atoms with Crippen molar-refractivity contribution in [2.45, 2.75) is 20.1 Å². The van der Waals surface area contributed by atoms with E-state index in [4.69, 9.17) is 10.5 Å². The molecule has 0 aliphatic carbocycles. The molecule has 2 rings (SSSR count). The summed E-state index contributed by atoms with van der Waals surface area (Å²) in [4.78, 5) is 11.7. The Kier molecular flexibility index (Phi) is 3.79. The minimum atomic E-state index is -0.742. The van der Waals surface area contributed by atoms with Crippen molar-refractivity contribution < 1.29 is 13.9 Å². The molecule has 0 unspecified atom stereocenters. The first-order chi connectivity index (χ1) is 9.10. The maximum atomic E-state index is 13.4. The van der Waals surface area contributed by atoms with E-state index in [1.54, 1.807) is 17.1 Å². The minimum absolute atomic E-state index is 0.0487. The average molecular weight is 263 g/mol. The van der Waals surface area contributed by atoms with Gasteiger partial charge in [0.05, 0.1) is 11.8 Å². The standard InChI is InChI=1S/C13H14FN3O2/c1-2-17-7-9(6-16-17)8-19-13(18)11-5-10(15)3-4-12(11)14/h3-7H,2,8,15H2,1H3. The molecule has 0 spiro atoms. The lowest BCUT2D eigenvalue weighted by Crippen LogP contribution is -2.08. The number of anilines is 1. The number of ether oxygens (including phenoxy) is 1. The number of hydrogen-bond donors (Lipinski definition) is 1. The molecule has 2 N–H and O–H groups in total. The van der Waals surface area contributed by atoms with Crippen molar-refractivity contribution in [2.75, 3.05) is 5.73 Å². The van der Waals surface area contributed by atoms with Crippen molar-refractivity contribution >= 4 is 11.7 Å². The molecule has 0 amide bonds. The summed E-state index contributed by atoms with van der Waals surface area (Å²) in [7, 11) is 0. The number of benzene rings is 1. The van der Waals surface area contributed by atoms with Crippen LogP contribution >= 0.6 is 0 Å². The molecule has 0 saturated carbocycles. The zero-order valence-corrected chi connectivity index (χ0v) is 10.5. The van der Waals surface area contributed by atoms with Crippen molar-refractivity contribution in [3.05, 3.63) is 47.5 Å². The number of esters is 1. The van der Waals surface area contributed by atoms with Gasteiger partial charge in [0.15, 0.2) is 0 Å². The summed E-state index contributed by atoms with van der Waals surface area (Å²) >= 11 is 0. The number of nitrogen functional groups attached to an aromatic ring is 1. The molecule has 6 heteroatoms.